The number of aliphatic hydroxyl groups is 1. The van der Waals surface area contributed by atoms with Crippen LogP contribution in [0.1, 0.15) is 71.6 Å². The lowest BCUT2D eigenvalue weighted by Crippen LogP contribution is -2.65. The van der Waals surface area contributed by atoms with Crippen molar-refractivity contribution in [2.75, 3.05) is 0 Å². The van der Waals surface area contributed by atoms with E-state index in [1.54, 1.807) is 0 Å². The van der Waals surface area contributed by atoms with E-state index >= 15 is 0 Å². The number of carbonyl (C=O) groups is 1. The Bertz CT molecular complexity index is 538. The Morgan fingerprint density at radius 2 is 1.82 bits per heavy atom. The molecule has 2 heteroatoms. The third-order valence-electron chi connectivity index (χ3n) is 8.62. The molecule has 0 aromatic heterocycles. The minimum absolute atomic E-state index is 0.0465. The molecule has 0 bridgehead atoms. The molecule has 2 unspecified atom stereocenters. The summed E-state index contributed by atoms with van der Waals surface area (Å²) in [5, 5.41) is 11.8. The molecular weight excluding hydrogens is 272 g/mol. The first kappa shape index (κ1) is 14.9. The lowest BCUT2D eigenvalue weighted by atomic mass is 9.43. The fourth-order valence-electron chi connectivity index (χ4n) is 6.90. The first-order valence-corrected chi connectivity index (χ1v) is 9.23. The predicted molar refractivity (Wildman–Crippen MR) is 87.3 cm³/mol. The molecule has 0 aliphatic heterocycles. The molecule has 0 radical (unpaired) electrons. The quantitative estimate of drug-likeness (QED) is 0.679. The van der Waals surface area contributed by atoms with Gasteiger partial charge in [-0.2, -0.15) is 0 Å². The molecule has 0 heterocycles. The zero-order valence-electron chi connectivity index (χ0n) is 14.2. The van der Waals surface area contributed by atoms with Crippen molar-refractivity contribution >= 4 is 5.78 Å². The van der Waals surface area contributed by atoms with Crippen LogP contribution in [-0.2, 0) is 4.79 Å². The van der Waals surface area contributed by atoms with E-state index < -0.39 is 5.60 Å². The molecular formula is C20H30O2. The van der Waals surface area contributed by atoms with E-state index in [0.717, 1.165) is 38.5 Å². The van der Waals surface area contributed by atoms with Gasteiger partial charge in [0.1, 0.15) is 5.78 Å². The summed E-state index contributed by atoms with van der Waals surface area (Å²) in [7, 11) is 0. The largest absolute Gasteiger partial charge is 0.389 e. The van der Waals surface area contributed by atoms with E-state index in [2.05, 4.69) is 20.4 Å². The van der Waals surface area contributed by atoms with Crippen LogP contribution in [0.5, 0.6) is 0 Å². The average molecular weight is 302 g/mol. The SMILES string of the molecule is C=C1CCC2C3CC[C@@H]4CC(=O)CC[C@]4(C)[C@@]3(O)CC[C@]12C. The summed E-state index contributed by atoms with van der Waals surface area (Å²) in [4.78, 5) is 11.9. The molecule has 0 spiro atoms. The van der Waals surface area contributed by atoms with E-state index in [4.69, 9.17) is 0 Å². The lowest BCUT2D eigenvalue weighted by Gasteiger charge is -2.64. The van der Waals surface area contributed by atoms with Gasteiger partial charge < -0.3 is 5.11 Å². The van der Waals surface area contributed by atoms with Crippen molar-refractivity contribution in [1.29, 1.82) is 0 Å². The molecule has 0 aromatic rings. The van der Waals surface area contributed by atoms with Crippen LogP contribution in [-0.4, -0.2) is 16.5 Å². The average Bonchev–Trinajstić information content (AvgIpc) is 2.77. The van der Waals surface area contributed by atoms with Crippen molar-refractivity contribution < 1.29 is 9.90 Å². The number of fused-ring (bicyclic) bond motifs is 5. The first-order valence-electron chi connectivity index (χ1n) is 9.23. The molecule has 2 nitrogen and oxygen atoms in total. The summed E-state index contributed by atoms with van der Waals surface area (Å²) in [5.74, 6) is 1.84. The van der Waals surface area contributed by atoms with Crippen molar-refractivity contribution in [2.24, 2.45) is 28.6 Å². The van der Waals surface area contributed by atoms with Crippen molar-refractivity contribution in [1.82, 2.24) is 0 Å². The van der Waals surface area contributed by atoms with Gasteiger partial charge in [0.2, 0.25) is 0 Å². The zero-order valence-corrected chi connectivity index (χ0v) is 14.2. The van der Waals surface area contributed by atoms with Crippen LogP contribution in [0.25, 0.3) is 0 Å². The monoisotopic (exact) mass is 302 g/mol. The van der Waals surface area contributed by atoms with Crippen LogP contribution in [0.3, 0.4) is 0 Å². The van der Waals surface area contributed by atoms with Gasteiger partial charge in [-0.3, -0.25) is 4.79 Å². The van der Waals surface area contributed by atoms with Gasteiger partial charge in [0.05, 0.1) is 5.60 Å². The number of Topliss-reactive ketones (excluding diaryl/α,β-unsaturated/α-hetero) is 1. The number of hydrogen-bond acceptors (Lipinski definition) is 2. The Morgan fingerprint density at radius 3 is 2.59 bits per heavy atom. The molecule has 4 rings (SSSR count). The maximum Gasteiger partial charge on any atom is 0.133 e. The number of allylic oxidation sites excluding steroid dienone is 1. The molecule has 4 saturated carbocycles. The molecule has 22 heavy (non-hydrogen) atoms. The van der Waals surface area contributed by atoms with E-state index in [0.29, 0.717) is 36.4 Å². The van der Waals surface area contributed by atoms with Crippen LogP contribution in [0, 0.1) is 28.6 Å². The Morgan fingerprint density at radius 1 is 1.05 bits per heavy atom. The molecule has 4 aliphatic rings. The second kappa shape index (κ2) is 4.47. The molecule has 0 saturated heterocycles. The Labute approximate surface area is 134 Å². The minimum atomic E-state index is -0.550. The third kappa shape index (κ3) is 1.63. The maximum absolute atomic E-state index is 11.9. The summed E-state index contributed by atoms with van der Waals surface area (Å²) < 4.78 is 0. The van der Waals surface area contributed by atoms with E-state index in [-0.39, 0.29) is 10.8 Å². The fourth-order valence-corrected chi connectivity index (χ4v) is 6.90. The molecule has 4 fully saturated rings. The summed E-state index contributed by atoms with van der Waals surface area (Å²) in [6, 6.07) is 0. The fraction of sp³-hybridized carbons (Fsp3) is 0.850. The Kier molecular flexibility index (Phi) is 3.03. The van der Waals surface area contributed by atoms with Crippen molar-refractivity contribution in [3.63, 3.8) is 0 Å². The number of rotatable bonds is 0. The van der Waals surface area contributed by atoms with E-state index in [1.165, 1.54) is 12.0 Å². The van der Waals surface area contributed by atoms with Gasteiger partial charge in [-0.05, 0) is 68.1 Å². The second-order valence-electron chi connectivity index (χ2n) is 9.13. The molecule has 4 aliphatic carbocycles. The van der Waals surface area contributed by atoms with Gasteiger partial charge in [0.15, 0.2) is 0 Å². The minimum Gasteiger partial charge on any atom is -0.389 e. The number of carbonyl (C=O) groups excluding carboxylic acids is 1. The van der Waals surface area contributed by atoms with E-state index in [9.17, 15) is 9.90 Å². The molecule has 0 amide bonds. The summed E-state index contributed by atoms with van der Waals surface area (Å²) >= 11 is 0. The normalized spacial score (nSPS) is 54.6. The number of hydrogen-bond donors (Lipinski definition) is 1. The Balaban J connectivity index is 1.72. The highest BCUT2D eigenvalue weighted by Gasteiger charge is 2.65. The lowest BCUT2D eigenvalue weighted by molar-refractivity contribution is -0.227. The molecule has 0 aromatic carbocycles. The van der Waals surface area contributed by atoms with Crippen molar-refractivity contribution in [3.05, 3.63) is 12.2 Å². The van der Waals surface area contributed by atoms with E-state index in [1.807, 2.05) is 0 Å². The third-order valence-corrected chi connectivity index (χ3v) is 8.62. The first-order chi connectivity index (χ1) is 10.3. The molecule has 6 atom stereocenters. The summed E-state index contributed by atoms with van der Waals surface area (Å²) in [5.41, 5.74) is 1.08. The summed E-state index contributed by atoms with van der Waals surface area (Å²) in [6.07, 6.45) is 8.87. The van der Waals surface area contributed by atoms with Gasteiger partial charge in [0, 0.05) is 18.3 Å². The van der Waals surface area contributed by atoms with Crippen LogP contribution in [0.2, 0.25) is 0 Å². The topological polar surface area (TPSA) is 37.3 Å². The van der Waals surface area contributed by atoms with Gasteiger partial charge in [-0.15, -0.1) is 0 Å². The Hall–Kier alpha value is -0.630. The van der Waals surface area contributed by atoms with Gasteiger partial charge in [-0.1, -0.05) is 26.0 Å². The highest BCUT2D eigenvalue weighted by atomic mass is 16.3. The maximum atomic E-state index is 11.9. The molecule has 1 N–H and O–H groups in total. The predicted octanol–water partition coefficient (Wildman–Crippen LogP) is 4.27. The van der Waals surface area contributed by atoms with Crippen LogP contribution in [0.4, 0.5) is 0 Å². The molecule has 122 valence electrons. The summed E-state index contributed by atoms with van der Waals surface area (Å²) in [6.45, 7) is 9.04. The van der Waals surface area contributed by atoms with Gasteiger partial charge in [0.25, 0.3) is 0 Å². The van der Waals surface area contributed by atoms with Gasteiger partial charge in [-0.25, -0.2) is 0 Å². The van der Waals surface area contributed by atoms with Crippen molar-refractivity contribution in [2.45, 2.75) is 77.2 Å². The number of ketones is 1. The van der Waals surface area contributed by atoms with Crippen LogP contribution >= 0.6 is 0 Å². The van der Waals surface area contributed by atoms with Crippen LogP contribution in [0.15, 0.2) is 12.2 Å². The second-order valence-corrected chi connectivity index (χ2v) is 9.13. The standard InChI is InChI=1S/C20H30O2/c1-13-4-6-16-17-7-5-14-12-15(21)8-9-19(14,3)20(17,22)11-10-18(13,16)2/h14,16-17,22H,1,4-12H2,2-3H3/t14-,16?,17?,18-,19+,20-/m1/s1. The zero-order chi connectivity index (χ0) is 15.8. The highest BCUT2D eigenvalue weighted by molar-refractivity contribution is 5.79. The van der Waals surface area contributed by atoms with Crippen molar-refractivity contribution in [3.8, 4) is 0 Å². The highest BCUT2D eigenvalue weighted by Crippen LogP contribution is 2.68. The smallest absolute Gasteiger partial charge is 0.133 e. The van der Waals surface area contributed by atoms with Gasteiger partial charge >= 0.3 is 0 Å². The van der Waals surface area contributed by atoms with Crippen LogP contribution < -0.4 is 0 Å².